The van der Waals surface area contributed by atoms with Crippen LogP contribution in [0.5, 0.6) is 0 Å². The van der Waals surface area contributed by atoms with Gasteiger partial charge in [-0.25, -0.2) is 0 Å². The van der Waals surface area contributed by atoms with E-state index < -0.39 is 6.04 Å². The van der Waals surface area contributed by atoms with Crippen LogP contribution in [0.2, 0.25) is 0 Å². The summed E-state index contributed by atoms with van der Waals surface area (Å²) in [6.45, 7) is 4.52. The molecule has 1 saturated carbocycles. The Hall–Kier alpha value is -2.27. The van der Waals surface area contributed by atoms with Gasteiger partial charge < -0.3 is 10.2 Å². The first-order valence-corrected chi connectivity index (χ1v) is 12.5. The van der Waals surface area contributed by atoms with Crippen LogP contribution in [0.3, 0.4) is 0 Å². The molecule has 3 rings (SSSR count). The second-order valence-corrected chi connectivity index (χ2v) is 9.39. The van der Waals surface area contributed by atoms with Crippen LogP contribution >= 0.6 is 11.8 Å². The summed E-state index contributed by atoms with van der Waals surface area (Å²) in [4.78, 5) is 28.1. The number of carbonyl (C=O) groups excluding carboxylic acids is 2. The Morgan fingerprint density at radius 3 is 2.35 bits per heavy atom. The Balaban J connectivity index is 1.66. The first-order chi connectivity index (χ1) is 15.1. The van der Waals surface area contributed by atoms with Gasteiger partial charge in [0.2, 0.25) is 11.8 Å². The lowest BCUT2D eigenvalue weighted by atomic mass is 10.1. The molecule has 31 heavy (non-hydrogen) atoms. The molecule has 2 aromatic carbocycles. The maximum atomic E-state index is 13.3. The zero-order chi connectivity index (χ0) is 22.1. The van der Waals surface area contributed by atoms with E-state index in [4.69, 9.17) is 0 Å². The van der Waals surface area contributed by atoms with Crippen molar-refractivity contribution in [2.24, 2.45) is 0 Å². The molecule has 1 fully saturated rings. The van der Waals surface area contributed by atoms with Crippen LogP contribution in [-0.4, -0.2) is 34.6 Å². The molecule has 1 unspecified atom stereocenters. The molecule has 0 bridgehead atoms. The molecular weight excluding hydrogens is 404 g/mol. The largest absolute Gasteiger partial charge is 0.352 e. The zero-order valence-electron chi connectivity index (χ0n) is 18.7. The molecule has 0 spiro atoms. The van der Waals surface area contributed by atoms with E-state index >= 15 is 0 Å². The molecule has 0 heterocycles. The fraction of sp³-hybridized carbons (Fsp3) is 0.462. The second-order valence-electron chi connectivity index (χ2n) is 8.40. The first kappa shape index (κ1) is 23.4. The number of hydrogen-bond donors (Lipinski definition) is 1. The number of nitrogens with one attached hydrogen (secondary N) is 1. The van der Waals surface area contributed by atoms with Gasteiger partial charge in [0, 0.05) is 18.3 Å². The van der Waals surface area contributed by atoms with Crippen molar-refractivity contribution >= 4 is 23.6 Å². The summed E-state index contributed by atoms with van der Waals surface area (Å²) < 4.78 is 0. The first-order valence-electron chi connectivity index (χ1n) is 11.3. The number of benzene rings is 2. The van der Waals surface area contributed by atoms with Crippen LogP contribution in [-0.2, 0) is 21.9 Å². The molecule has 0 saturated heterocycles. The molecule has 1 N–H and O–H groups in total. The summed E-state index contributed by atoms with van der Waals surface area (Å²) >= 11 is 1.61. The fourth-order valence-corrected chi connectivity index (χ4v) is 4.96. The van der Waals surface area contributed by atoms with Crippen LogP contribution in [0.4, 0.5) is 0 Å². The molecule has 1 aliphatic carbocycles. The van der Waals surface area contributed by atoms with Gasteiger partial charge in [-0.15, -0.1) is 11.8 Å². The van der Waals surface area contributed by atoms with Crippen molar-refractivity contribution in [2.75, 3.05) is 5.75 Å². The number of rotatable bonds is 10. The summed E-state index contributed by atoms with van der Waals surface area (Å²) in [5.74, 6) is 1.17. The second kappa shape index (κ2) is 11.9. The Morgan fingerprint density at radius 1 is 1.03 bits per heavy atom. The SMILES string of the molecule is CCC(C(=O)NC1CCCC1)N(Cc1ccccc1)C(=O)CSCc1ccc(C)cc1. The highest BCUT2D eigenvalue weighted by atomic mass is 32.2. The number of carbonyl (C=O) groups is 2. The monoisotopic (exact) mass is 438 g/mol. The van der Waals surface area contributed by atoms with E-state index in [9.17, 15) is 9.59 Å². The third-order valence-electron chi connectivity index (χ3n) is 5.90. The van der Waals surface area contributed by atoms with Crippen LogP contribution in [0.1, 0.15) is 55.7 Å². The van der Waals surface area contributed by atoms with Crippen molar-refractivity contribution in [3.63, 3.8) is 0 Å². The fourth-order valence-electron chi connectivity index (χ4n) is 4.09. The summed E-state index contributed by atoms with van der Waals surface area (Å²) in [6.07, 6.45) is 5.04. The topological polar surface area (TPSA) is 49.4 Å². The third-order valence-corrected chi connectivity index (χ3v) is 6.89. The molecule has 5 heteroatoms. The van der Waals surface area contributed by atoms with Gasteiger partial charge in [0.05, 0.1) is 5.75 Å². The highest BCUT2D eigenvalue weighted by molar-refractivity contribution is 7.99. The minimum Gasteiger partial charge on any atom is -0.352 e. The van der Waals surface area contributed by atoms with E-state index in [0.717, 1.165) is 24.2 Å². The number of hydrogen-bond acceptors (Lipinski definition) is 3. The molecule has 1 atom stereocenters. The minimum absolute atomic E-state index is 0.0118. The summed E-state index contributed by atoms with van der Waals surface area (Å²) in [5.41, 5.74) is 3.49. The Bertz CT molecular complexity index is 832. The van der Waals surface area contributed by atoms with Crippen molar-refractivity contribution in [2.45, 2.75) is 70.3 Å². The quantitative estimate of drug-likeness (QED) is 0.562. The highest BCUT2D eigenvalue weighted by Gasteiger charge is 2.30. The molecular formula is C26H34N2O2S. The molecule has 0 aromatic heterocycles. The van der Waals surface area contributed by atoms with Crippen LogP contribution < -0.4 is 5.32 Å². The Kier molecular flexibility index (Phi) is 9.01. The normalized spacial score (nSPS) is 14.9. The predicted molar refractivity (Wildman–Crippen MR) is 129 cm³/mol. The van der Waals surface area contributed by atoms with Crippen molar-refractivity contribution in [1.29, 1.82) is 0 Å². The Labute approximate surface area is 190 Å². The van der Waals surface area contributed by atoms with Crippen molar-refractivity contribution < 1.29 is 9.59 Å². The van der Waals surface area contributed by atoms with E-state index in [1.54, 1.807) is 16.7 Å². The van der Waals surface area contributed by atoms with Gasteiger partial charge >= 0.3 is 0 Å². The van der Waals surface area contributed by atoms with Gasteiger partial charge in [-0.1, -0.05) is 79.9 Å². The molecule has 0 aliphatic heterocycles. The lowest BCUT2D eigenvalue weighted by Gasteiger charge is -2.31. The molecule has 2 amide bonds. The highest BCUT2D eigenvalue weighted by Crippen LogP contribution is 2.20. The third kappa shape index (κ3) is 7.13. The van der Waals surface area contributed by atoms with Crippen LogP contribution in [0.25, 0.3) is 0 Å². The molecule has 166 valence electrons. The van der Waals surface area contributed by atoms with E-state index in [1.165, 1.54) is 24.0 Å². The van der Waals surface area contributed by atoms with E-state index in [2.05, 4.69) is 36.5 Å². The lowest BCUT2D eigenvalue weighted by molar-refractivity contribution is -0.139. The summed E-state index contributed by atoms with van der Waals surface area (Å²) in [5, 5.41) is 3.20. The van der Waals surface area contributed by atoms with E-state index in [0.29, 0.717) is 18.7 Å². The average Bonchev–Trinajstić information content (AvgIpc) is 3.28. The standard InChI is InChI=1S/C26H34N2O2S/c1-3-24(26(30)27-23-11-7-8-12-23)28(17-21-9-5-4-6-10-21)25(29)19-31-18-22-15-13-20(2)14-16-22/h4-6,9-10,13-16,23-24H,3,7-8,11-12,17-19H2,1-2H3,(H,27,30). The van der Waals surface area contributed by atoms with Crippen LogP contribution in [0.15, 0.2) is 54.6 Å². The zero-order valence-corrected chi connectivity index (χ0v) is 19.5. The van der Waals surface area contributed by atoms with Crippen molar-refractivity contribution in [3.8, 4) is 0 Å². The van der Waals surface area contributed by atoms with E-state index in [1.807, 2.05) is 37.3 Å². The molecule has 1 aliphatic rings. The minimum atomic E-state index is -0.437. The average molecular weight is 439 g/mol. The Morgan fingerprint density at radius 2 is 1.71 bits per heavy atom. The lowest BCUT2D eigenvalue weighted by Crippen LogP contribution is -2.51. The number of thioether (sulfide) groups is 1. The van der Waals surface area contributed by atoms with Crippen molar-refractivity contribution in [3.05, 3.63) is 71.3 Å². The smallest absolute Gasteiger partial charge is 0.243 e. The van der Waals surface area contributed by atoms with Crippen LogP contribution in [0, 0.1) is 6.92 Å². The number of amides is 2. The van der Waals surface area contributed by atoms with Crippen molar-refractivity contribution in [1.82, 2.24) is 10.2 Å². The molecule has 0 radical (unpaired) electrons. The van der Waals surface area contributed by atoms with Gasteiger partial charge in [0.15, 0.2) is 0 Å². The van der Waals surface area contributed by atoms with Gasteiger partial charge in [-0.05, 0) is 37.3 Å². The van der Waals surface area contributed by atoms with Gasteiger partial charge in [0.25, 0.3) is 0 Å². The van der Waals surface area contributed by atoms with Gasteiger partial charge in [-0.3, -0.25) is 9.59 Å². The van der Waals surface area contributed by atoms with Gasteiger partial charge in [-0.2, -0.15) is 0 Å². The van der Waals surface area contributed by atoms with Gasteiger partial charge in [0.1, 0.15) is 6.04 Å². The van der Waals surface area contributed by atoms with E-state index in [-0.39, 0.29) is 17.9 Å². The molecule has 4 nitrogen and oxygen atoms in total. The maximum absolute atomic E-state index is 13.3. The predicted octanol–water partition coefficient (Wildman–Crippen LogP) is 5.09. The maximum Gasteiger partial charge on any atom is 0.243 e. The summed E-state index contributed by atoms with van der Waals surface area (Å²) in [6, 6.07) is 18.2. The molecule has 2 aromatic rings. The number of nitrogens with zero attached hydrogens (tertiary/aromatic N) is 1. The number of aryl methyl sites for hydroxylation is 1. The summed E-state index contributed by atoms with van der Waals surface area (Å²) in [7, 11) is 0.